The number of rotatable bonds is 7. The molecule has 3 heterocycles. The lowest BCUT2D eigenvalue weighted by molar-refractivity contribution is -0.0528. The number of nitrogens with zero attached hydrogens (tertiary/aromatic N) is 4. The molecule has 2 aromatic heterocycles. The van der Waals surface area contributed by atoms with E-state index in [2.05, 4.69) is 30.2 Å². The molecular weight excluding hydrogens is 426 g/mol. The molecule has 1 aliphatic rings. The zero-order chi connectivity index (χ0) is 23.3. The van der Waals surface area contributed by atoms with Crippen LogP contribution in [0, 0.1) is 0 Å². The lowest BCUT2D eigenvalue weighted by Crippen LogP contribution is -2.50. The van der Waals surface area contributed by atoms with Gasteiger partial charge in [0.15, 0.2) is 5.82 Å². The lowest BCUT2D eigenvalue weighted by Gasteiger charge is -2.39. The first kappa shape index (κ1) is 23.5. The van der Waals surface area contributed by atoms with Crippen LogP contribution in [0.2, 0.25) is 0 Å². The molecule has 0 radical (unpaired) electrons. The number of nitrogens with one attached hydrogen (secondary N) is 2. The monoisotopic (exact) mass is 454 g/mol. The smallest absolute Gasteiger partial charge is 0.410 e. The molecule has 1 aliphatic heterocycles. The molecule has 0 aliphatic carbocycles. The third-order valence-electron chi connectivity index (χ3n) is 4.69. The van der Waals surface area contributed by atoms with Crippen molar-refractivity contribution < 1.29 is 27.8 Å². The van der Waals surface area contributed by atoms with Crippen LogP contribution >= 0.6 is 0 Å². The van der Waals surface area contributed by atoms with Crippen molar-refractivity contribution in [3.05, 3.63) is 18.5 Å². The Balaban J connectivity index is 1.58. The van der Waals surface area contributed by atoms with Crippen LogP contribution in [-0.2, 0) is 4.74 Å². The van der Waals surface area contributed by atoms with Crippen molar-refractivity contribution in [2.24, 2.45) is 0 Å². The van der Waals surface area contributed by atoms with E-state index in [1.54, 1.807) is 4.90 Å². The van der Waals surface area contributed by atoms with Crippen LogP contribution in [0.3, 0.4) is 0 Å². The molecule has 1 amide bonds. The molecular formula is C20H28F2N6O4. The normalized spacial score (nSPS) is 19.0. The van der Waals surface area contributed by atoms with Crippen molar-refractivity contribution in [2.75, 3.05) is 11.9 Å². The summed E-state index contributed by atoms with van der Waals surface area (Å²) in [6.07, 6.45) is 4.54. The van der Waals surface area contributed by atoms with Gasteiger partial charge in [0.05, 0.1) is 12.4 Å². The van der Waals surface area contributed by atoms with Gasteiger partial charge in [0.25, 0.3) is 0 Å². The van der Waals surface area contributed by atoms with Gasteiger partial charge in [-0.1, -0.05) is 6.92 Å². The van der Waals surface area contributed by atoms with Gasteiger partial charge in [0, 0.05) is 31.5 Å². The van der Waals surface area contributed by atoms with Gasteiger partial charge in [-0.25, -0.2) is 4.79 Å². The van der Waals surface area contributed by atoms with Crippen LogP contribution in [0.1, 0.15) is 47.0 Å². The average molecular weight is 454 g/mol. The summed E-state index contributed by atoms with van der Waals surface area (Å²) in [5.74, 6) is 0.714. The molecule has 1 fully saturated rings. The van der Waals surface area contributed by atoms with Crippen LogP contribution in [0.5, 0.6) is 11.8 Å². The Morgan fingerprint density at radius 3 is 2.81 bits per heavy atom. The van der Waals surface area contributed by atoms with Gasteiger partial charge in [-0.05, 0) is 27.2 Å². The molecule has 1 saturated heterocycles. The summed E-state index contributed by atoms with van der Waals surface area (Å²) in [7, 11) is 0. The minimum Gasteiger partial charge on any atom is -0.473 e. The molecule has 0 bridgehead atoms. The molecule has 12 heteroatoms. The Labute approximate surface area is 184 Å². The summed E-state index contributed by atoms with van der Waals surface area (Å²) in [5, 5.41) is 9.02. The van der Waals surface area contributed by atoms with Gasteiger partial charge in [0.2, 0.25) is 11.8 Å². The van der Waals surface area contributed by atoms with Crippen molar-refractivity contribution in [1.82, 2.24) is 25.1 Å². The Bertz CT molecular complexity index is 904. The predicted octanol–water partition coefficient (Wildman–Crippen LogP) is 4.10. The van der Waals surface area contributed by atoms with Gasteiger partial charge >= 0.3 is 12.7 Å². The lowest BCUT2D eigenvalue weighted by atomic mass is 9.98. The van der Waals surface area contributed by atoms with Gasteiger partial charge in [-0.15, -0.1) is 5.10 Å². The Kier molecular flexibility index (Phi) is 7.31. The molecule has 2 N–H and O–H groups in total. The molecule has 2 atom stereocenters. The number of ether oxygens (including phenoxy) is 3. The third kappa shape index (κ3) is 6.66. The number of hydrogen-bond donors (Lipinski definition) is 2. The number of carbonyl (C=O) groups is 1. The van der Waals surface area contributed by atoms with E-state index in [9.17, 15) is 13.6 Å². The number of hydrogen-bond acceptors (Lipinski definition) is 8. The first-order chi connectivity index (χ1) is 15.1. The predicted molar refractivity (Wildman–Crippen MR) is 111 cm³/mol. The quantitative estimate of drug-likeness (QED) is 0.643. The van der Waals surface area contributed by atoms with Gasteiger partial charge in [0.1, 0.15) is 17.5 Å². The summed E-state index contributed by atoms with van der Waals surface area (Å²) in [4.78, 5) is 22.7. The molecule has 0 aromatic carbocycles. The number of carbonyl (C=O) groups excluding carboxylic acids is 1. The highest BCUT2D eigenvalue weighted by molar-refractivity contribution is 5.68. The molecule has 10 nitrogen and oxygen atoms in total. The molecule has 32 heavy (non-hydrogen) atoms. The molecule has 176 valence electrons. The van der Waals surface area contributed by atoms with Crippen molar-refractivity contribution in [2.45, 2.75) is 71.3 Å². The van der Waals surface area contributed by atoms with Crippen molar-refractivity contribution >= 4 is 17.7 Å². The van der Waals surface area contributed by atoms with E-state index in [4.69, 9.17) is 9.47 Å². The fourth-order valence-electron chi connectivity index (χ4n) is 3.36. The van der Waals surface area contributed by atoms with Crippen LogP contribution in [0.4, 0.5) is 25.2 Å². The van der Waals surface area contributed by atoms with Crippen molar-refractivity contribution in [3.8, 4) is 11.8 Å². The average Bonchev–Trinajstić information content (AvgIpc) is 3.12. The largest absolute Gasteiger partial charge is 0.473 e. The highest BCUT2D eigenvalue weighted by Crippen LogP contribution is 2.26. The van der Waals surface area contributed by atoms with Crippen LogP contribution < -0.4 is 14.8 Å². The number of aromatic amines is 1. The van der Waals surface area contributed by atoms with Crippen LogP contribution in [0.25, 0.3) is 0 Å². The Morgan fingerprint density at radius 1 is 1.34 bits per heavy atom. The maximum atomic E-state index is 12.5. The van der Waals surface area contributed by atoms with E-state index >= 15 is 0 Å². The highest BCUT2D eigenvalue weighted by Gasteiger charge is 2.34. The van der Waals surface area contributed by atoms with Crippen molar-refractivity contribution in [1.29, 1.82) is 0 Å². The number of aromatic nitrogens is 4. The maximum Gasteiger partial charge on any atom is 0.410 e. The van der Waals surface area contributed by atoms with Gasteiger partial charge in [-0.3, -0.25) is 10.1 Å². The standard InChI is InChI=1S/C20H28F2N6O4/c1-5-12-8-13(6-7-28(12)19(29)32-20(2,3)4)30-17-11-23-10-15(25-17)24-14-9-16(27-26-14)31-18(21)22/h9-13,18H,5-8H2,1-4H3,(H2,24,25,26,27)/t12-,13-/m0/s1. The third-order valence-corrected chi connectivity index (χ3v) is 4.69. The molecule has 2 aromatic rings. The highest BCUT2D eigenvalue weighted by atomic mass is 19.3. The zero-order valence-electron chi connectivity index (χ0n) is 18.5. The minimum absolute atomic E-state index is 0.00360. The second-order valence-electron chi connectivity index (χ2n) is 8.37. The van der Waals surface area contributed by atoms with Crippen LogP contribution in [0.15, 0.2) is 18.5 Å². The zero-order valence-corrected chi connectivity index (χ0v) is 18.5. The Hall–Kier alpha value is -3.18. The summed E-state index contributed by atoms with van der Waals surface area (Å²) in [5.41, 5.74) is -0.549. The summed E-state index contributed by atoms with van der Waals surface area (Å²) >= 11 is 0. The Morgan fingerprint density at radius 2 is 2.12 bits per heavy atom. The van der Waals surface area contributed by atoms with E-state index < -0.39 is 12.2 Å². The van der Waals surface area contributed by atoms with Crippen molar-refractivity contribution in [3.63, 3.8) is 0 Å². The number of piperidine rings is 1. The van der Waals surface area contributed by atoms with Gasteiger partial charge in [-0.2, -0.15) is 13.8 Å². The first-order valence-corrected chi connectivity index (χ1v) is 10.4. The summed E-state index contributed by atoms with van der Waals surface area (Å²) in [6.45, 7) is 5.11. The number of halogens is 2. The number of H-pyrrole nitrogens is 1. The summed E-state index contributed by atoms with van der Waals surface area (Å²) in [6, 6.07) is 1.27. The van der Waals surface area contributed by atoms with E-state index in [-0.39, 0.29) is 24.1 Å². The number of amides is 1. The fraction of sp³-hybridized carbons (Fsp3) is 0.600. The second-order valence-corrected chi connectivity index (χ2v) is 8.37. The maximum absolute atomic E-state index is 12.5. The topological polar surface area (TPSA) is 114 Å². The second kappa shape index (κ2) is 9.96. The van der Waals surface area contributed by atoms with Gasteiger partial charge < -0.3 is 24.4 Å². The number of alkyl halides is 2. The van der Waals surface area contributed by atoms with E-state index in [0.717, 1.165) is 6.42 Å². The molecule has 0 saturated carbocycles. The number of likely N-dealkylation sites (tertiary alicyclic amines) is 1. The first-order valence-electron chi connectivity index (χ1n) is 10.4. The molecule has 0 unspecified atom stereocenters. The van der Waals surface area contributed by atoms with E-state index in [1.807, 2.05) is 27.7 Å². The number of anilines is 2. The fourth-order valence-corrected chi connectivity index (χ4v) is 3.36. The van der Waals surface area contributed by atoms with E-state index in [1.165, 1.54) is 18.5 Å². The SMILES string of the molecule is CC[C@H]1C[C@@H](Oc2cncc(Nc3cc(OC(F)F)n[nH]3)n2)CCN1C(=O)OC(C)(C)C. The summed E-state index contributed by atoms with van der Waals surface area (Å²) < 4.78 is 40.3. The minimum atomic E-state index is -2.96. The van der Waals surface area contributed by atoms with E-state index in [0.29, 0.717) is 36.9 Å². The molecule has 3 rings (SSSR count). The molecule has 0 spiro atoms. The van der Waals surface area contributed by atoms with Crippen LogP contribution in [-0.4, -0.2) is 62.1 Å².